The van der Waals surface area contributed by atoms with Crippen molar-refractivity contribution in [3.05, 3.63) is 52.7 Å². The van der Waals surface area contributed by atoms with Crippen molar-refractivity contribution in [2.75, 3.05) is 0 Å². The van der Waals surface area contributed by atoms with Crippen molar-refractivity contribution in [2.45, 2.75) is 27.6 Å². The van der Waals surface area contributed by atoms with Crippen LogP contribution in [0.5, 0.6) is 0 Å². The van der Waals surface area contributed by atoms with E-state index in [1.165, 1.54) is 0 Å². The predicted molar refractivity (Wildman–Crippen MR) is 72.0 cm³/mol. The van der Waals surface area contributed by atoms with E-state index in [4.69, 9.17) is 8.22 Å². The SMILES string of the molecule is [2H]C([2H])([2H])c1ccc(C)c(-c2c(C([2H])([2H])[2H])ccc(C)[n+]2C)c1. The van der Waals surface area contributed by atoms with Gasteiger partial charge in [0, 0.05) is 32.3 Å². The van der Waals surface area contributed by atoms with Gasteiger partial charge in [0.1, 0.15) is 7.05 Å². The minimum atomic E-state index is -2.27. The van der Waals surface area contributed by atoms with Crippen LogP contribution in [0.15, 0.2) is 30.3 Å². The van der Waals surface area contributed by atoms with E-state index < -0.39 is 13.7 Å². The zero-order valence-corrected chi connectivity index (χ0v) is 10.3. The Labute approximate surface area is 112 Å². The zero-order chi connectivity index (χ0) is 17.6. The molecule has 0 aliphatic carbocycles. The van der Waals surface area contributed by atoms with Crippen LogP contribution in [-0.4, -0.2) is 0 Å². The van der Waals surface area contributed by atoms with E-state index in [0.29, 0.717) is 11.3 Å². The van der Waals surface area contributed by atoms with Crippen molar-refractivity contribution < 1.29 is 12.8 Å². The summed E-state index contributed by atoms with van der Waals surface area (Å²) in [5, 5.41) is 0. The monoisotopic (exact) mass is 232 g/mol. The summed E-state index contributed by atoms with van der Waals surface area (Å²) in [7, 11) is 1.79. The third kappa shape index (κ3) is 2.10. The number of aryl methyl sites for hydroxylation is 4. The fourth-order valence-electron chi connectivity index (χ4n) is 1.95. The Bertz CT molecular complexity index is 743. The van der Waals surface area contributed by atoms with Crippen LogP contribution in [0.1, 0.15) is 30.6 Å². The van der Waals surface area contributed by atoms with Crippen LogP contribution in [0.2, 0.25) is 0 Å². The molecule has 2 rings (SSSR count). The number of benzene rings is 1. The number of rotatable bonds is 1. The normalized spacial score (nSPS) is 17.4. The molecule has 1 nitrogen and oxygen atoms in total. The molecule has 0 aliphatic rings. The quantitative estimate of drug-likeness (QED) is 0.663. The highest BCUT2D eigenvalue weighted by Gasteiger charge is 2.17. The molecule has 17 heavy (non-hydrogen) atoms. The van der Waals surface area contributed by atoms with E-state index in [9.17, 15) is 0 Å². The molecule has 1 heterocycles. The zero-order valence-electron chi connectivity index (χ0n) is 16.3. The fourth-order valence-corrected chi connectivity index (χ4v) is 1.95. The van der Waals surface area contributed by atoms with E-state index in [-0.39, 0.29) is 11.1 Å². The Morgan fingerprint density at radius 3 is 2.47 bits per heavy atom. The summed E-state index contributed by atoms with van der Waals surface area (Å²) in [6, 6.07) is 8.22. The Balaban J connectivity index is 2.84. The second kappa shape index (κ2) is 4.33. The molecule has 0 bridgehead atoms. The van der Waals surface area contributed by atoms with Crippen LogP contribution in [0.4, 0.5) is 0 Å². The topological polar surface area (TPSA) is 3.88 Å². The van der Waals surface area contributed by atoms with Gasteiger partial charge in [-0.3, -0.25) is 0 Å². The first-order valence-electron chi connectivity index (χ1n) is 8.54. The lowest BCUT2D eigenvalue weighted by molar-refractivity contribution is -0.667. The molecule has 0 saturated heterocycles. The van der Waals surface area contributed by atoms with Gasteiger partial charge in [0.25, 0.3) is 0 Å². The number of hydrogen-bond acceptors (Lipinski definition) is 0. The molecule has 0 aliphatic heterocycles. The summed E-state index contributed by atoms with van der Waals surface area (Å²) in [6.45, 7) is -0.770. The molecule has 0 spiro atoms. The molecule has 88 valence electrons. The molecule has 0 radical (unpaired) electrons. The average molecular weight is 232 g/mol. The van der Waals surface area contributed by atoms with Gasteiger partial charge in [-0.1, -0.05) is 17.7 Å². The summed E-state index contributed by atoms with van der Waals surface area (Å²) in [4.78, 5) is 0. The molecule has 0 fully saturated rings. The second-order valence-corrected chi connectivity index (χ2v) is 4.33. The third-order valence-corrected chi connectivity index (χ3v) is 3.10. The lowest BCUT2D eigenvalue weighted by Crippen LogP contribution is -2.35. The van der Waals surface area contributed by atoms with Gasteiger partial charge in [-0.2, -0.15) is 4.57 Å². The molecule has 0 atom stereocenters. The van der Waals surface area contributed by atoms with Gasteiger partial charge >= 0.3 is 0 Å². The van der Waals surface area contributed by atoms with Crippen molar-refractivity contribution in [1.82, 2.24) is 0 Å². The molecular weight excluding hydrogens is 206 g/mol. The van der Waals surface area contributed by atoms with Gasteiger partial charge < -0.3 is 0 Å². The van der Waals surface area contributed by atoms with Crippen LogP contribution in [0.3, 0.4) is 0 Å². The maximum absolute atomic E-state index is 7.79. The van der Waals surface area contributed by atoms with Gasteiger partial charge in [-0.25, -0.2) is 0 Å². The van der Waals surface area contributed by atoms with Gasteiger partial charge in [-0.05, 0) is 38.3 Å². The summed E-state index contributed by atoms with van der Waals surface area (Å²) in [5.74, 6) is 0. The number of pyridine rings is 1. The molecule has 2 aromatic rings. The van der Waals surface area contributed by atoms with Gasteiger partial charge in [0.2, 0.25) is 5.69 Å². The molecule has 1 aromatic carbocycles. The van der Waals surface area contributed by atoms with Crippen LogP contribution < -0.4 is 4.57 Å². The molecule has 1 heteroatoms. The van der Waals surface area contributed by atoms with Gasteiger partial charge in [-0.15, -0.1) is 0 Å². The summed E-state index contributed by atoms with van der Waals surface area (Å²) >= 11 is 0. The van der Waals surface area contributed by atoms with Crippen molar-refractivity contribution >= 4 is 0 Å². The first-order chi connectivity index (χ1) is 10.4. The third-order valence-electron chi connectivity index (χ3n) is 3.10. The van der Waals surface area contributed by atoms with Crippen molar-refractivity contribution in [2.24, 2.45) is 7.05 Å². The molecule has 1 aromatic heterocycles. The van der Waals surface area contributed by atoms with Crippen molar-refractivity contribution in [3.63, 3.8) is 0 Å². The van der Waals surface area contributed by atoms with E-state index in [0.717, 1.165) is 11.3 Å². The van der Waals surface area contributed by atoms with E-state index >= 15 is 0 Å². The molecule has 0 saturated carbocycles. The minimum Gasteiger partial charge on any atom is -0.198 e. The van der Waals surface area contributed by atoms with Crippen LogP contribution in [0.25, 0.3) is 11.3 Å². The van der Waals surface area contributed by atoms with Crippen LogP contribution in [-0.2, 0) is 7.05 Å². The Kier molecular flexibility index (Phi) is 1.61. The Morgan fingerprint density at radius 2 is 1.76 bits per heavy atom. The van der Waals surface area contributed by atoms with E-state index in [1.54, 1.807) is 41.9 Å². The maximum Gasteiger partial charge on any atom is 0.215 e. The molecule has 0 unspecified atom stereocenters. The maximum atomic E-state index is 7.79. The number of hydrogen-bond donors (Lipinski definition) is 0. The second-order valence-electron chi connectivity index (χ2n) is 4.33. The predicted octanol–water partition coefficient (Wildman–Crippen LogP) is 3.41. The Hall–Kier alpha value is -1.63. The van der Waals surface area contributed by atoms with Crippen molar-refractivity contribution in [1.29, 1.82) is 0 Å². The summed E-state index contributed by atoms with van der Waals surface area (Å²) < 4.78 is 47.9. The summed E-state index contributed by atoms with van der Waals surface area (Å²) in [5.41, 5.74) is 3.33. The van der Waals surface area contributed by atoms with Crippen molar-refractivity contribution in [3.8, 4) is 11.3 Å². The molecule has 0 N–H and O–H groups in total. The summed E-state index contributed by atoms with van der Waals surface area (Å²) in [6.07, 6.45) is 0. The number of aromatic nitrogens is 1. The lowest BCUT2D eigenvalue weighted by atomic mass is 9.99. The van der Waals surface area contributed by atoms with Crippen LogP contribution >= 0.6 is 0 Å². The highest BCUT2D eigenvalue weighted by Crippen LogP contribution is 2.24. The smallest absolute Gasteiger partial charge is 0.198 e. The first kappa shape index (κ1) is 6.34. The van der Waals surface area contributed by atoms with E-state index in [2.05, 4.69) is 0 Å². The molecule has 0 amide bonds. The largest absolute Gasteiger partial charge is 0.215 e. The number of nitrogens with zero attached hydrogens (tertiary/aromatic N) is 1. The lowest BCUT2D eigenvalue weighted by Gasteiger charge is -2.09. The fraction of sp³-hybridized carbons (Fsp3) is 0.312. The van der Waals surface area contributed by atoms with Gasteiger partial charge in [0.05, 0.1) is 0 Å². The first-order valence-corrected chi connectivity index (χ1v) is 5.54. The Morgan fingerprint density at radius 1 is 1.00 bits per heavy atom. The van der Waals surface area contributed by atoms with E-state index in [1.807, 2.05) is 13.8 Å². The highest BCUT2D eigenvalue weighted by atomic mass is 14.9. The average Bonchev–Trinajstić information content (AvgIpc) is 2.40. The highest BCUT2D eigenvalue weighted by molar-refractivity contribution is 5.64. The minimum absolute atomic E-state index is 0.205. The standard InChI is InChI=1S/C16H20N/c1-11-6-7-12(2)15(10-11)16-13(3)8-9-14(4)17(16)5/h6-10H,1-5H3/q+1/i1D3,3D3. The molecular formula is C16H20N+. The van der Waals surface area contributed by atoms with Gasteiger partial charge in [0.15, 0.2) is 5.69 Å². The van der Waals surface area contributed by atoms with Crippen LogP contribution in [0, 0.1) is 27.6 Å².